The topological polar surface area (TPSA) is 57.5 Å². The lowest BCUT2D eigenvalue weighted by molar-refractivity contribution is -0.145. The zero-order chi connectivity index (χ0) is 11.6. The van der Waals surface area contributed by atoms with Crippen LogP contribution in [0.3, 0.4) is 0 Å². The molecule has 0 radical (unpaired) electrons. The van der Waals surface area contributed by atoms with Crippen molar-refractivity contribution in [3.05, 3.63) is 29.8 Å². The Morgan fingerprint density at radius 2 is 1.75 bits per heavy atom. The molecule has 0 saturated heterocycles. The molecule has 1 aliphatic carbocycles. The summed E-state index contributed by atoms with van der Waals surface area (Å²) in [5.41, 5.74) is -0.300. The summed E-state index contributed by atoms with van der Waals surface area (Å²) in [5, 5.41) is 19.3. The number of carbonyl (C=O) groups is 1. The van der Waals surface area contributed by atoms with Gasteiger partial charge < -0.3 is 10.2 Å². The highest BCUT2D eigenvalue weighted by Gasteiger charge is 2.42. The number of aromatic hydroxyl groups is 1. The molecule has 0 aliphatic heterocycles. The first-order valence-electron chi connectivity index (χ1n) is 5.69. The highest BCUT2D eigenvalue weighted by Crippen LogP contribution is 2.43. The average molecular weight is 220 g/mol. The van der Waals surface area contributed by atoms with Gasteiger partial charge in [-0.3, -0.25) is 4.79 Å². The number of rotatable bonds is 2. The Bertz CT molecular complexity index is 392. The van der Waals surface area contributed by atoms with Crippen molar-refractivity contribution in [3.63, 3.8) is 0 Å². The van der Waals surface area contributed by atoms with E-state index in [9.17, 15) is 15.0 Å². The van der Waals surface area contributed by atoms with Crippen LogP contribution in [0.1, 0.15) is 37.7 Å². The summed E-state index contributed by atoms with van der Waals surface area (Å²) in [6.45, 7) is 0. The van der Waals surface area contributed by atoms with E-state index in [0.717, 1.165) is 19.3 Å². The van der Waals surface area contributed by atoms with Gasteiger partial charge in [-0.15, -0.1) is 0 Å². The predicted octanol–water partition coefficient (Wildman–Crippen LogP) is 2.68. The number of carboxylic acids is 1. The van der Waals surface area contributed by atoms with Gasteiger partial charge in [-0.25, -0.2) is 0 Å². The summed E-state index contributed by atoms with van der Waals surface area (Å²) in [6.07, 6.45) is 4.17. The molecule has 0 amide bonds. The van der Waals surface area contributed by atoms with E-state index in [-0.39, 0.29) is 5.75 Å². The van der Waals surface area contributed by atoms with E-state index in [1.807, 2.05) is 0 Å². The molecule has 2 rings (SSSR count). The van der Waals surface area contributed by atoms with Gasteiger partial charge in [0.05, 0.1) is 5.41 Å². The number of carboxylic acid groups (broad SMARTS) is 1. The van der Waals surface area contributed by atoms with Crippen molar-refractivity contribution in [3.8, 4) is 5.75 Å². The van der Waals surface area contributed by atoms with Crippen LogP contribution in [0.2, 0.25) is 0 Å². The molecular formula is C13H16O3. The zero-order valence-corrected chi connectivity index (χ0v) is 9.15. The van der Waals surface area contributed by atoms with E-state index in [1.165, 1.54) is 0 Å². The molecule has 1 aliphatic rings. The second-order valence-electron chi connectivity index (χ2n) is 4.47. The maximum Gasteiger partial charge on any atom is 0.314 e. The normalized spacial score (nSPS) is 19.2. The minimum absolute atomic E-state index is 0.104. The molecule has 1 saturated carbocycles. The minimum atomic E-state index is -0.871. The van der Waals surface area contributed by atoms with Crippen LogP contribution in [0.25, 0.3) is 0 Å². The summed E-state index contributed by atoms with van der Waals surface area (Å²) >= 11 is 0. The molecule has 1 aromatic carbocycles. The monoisotopic (exact) mass is 220 g/mol. The van der Waals surface area contributed by atoms with Crippen molar-refractivity contribution in [2.24, 2.45) is 0 Å². The first kappa shape index (κ1) is 11.0. The third kappa shape index (κ3) is 1.66. The quantitative estimate of drug-likeness (QED) is 0.805. The van der Waals surface area contributed by atoms with E-state index in [0.29, 0.717) is 18.4 Å². The molecule has 3 heteroatoms. The van der Waals surface area contributed by atoms with Gasteiger partial charge in [-0.2, -0.15) is 0 Å². The Labute approximate surface area is 94.7 Å². The Morgan fingerprint density at radius 3 is 2.31 bits per heavy atom. The van der Waals surface area contributed by atoms with Gasteiger partial charge in [0.1, 0.15) is 5.75 Å². The first-order valence-corrected chi connectivity index (χ1v) is 5.69. The van der Waals surface area contributed by atoms with E-state index < -0.39 is 11.4 Å². The maximum atomic E-state index is 11.5. The van der Waals surface area contributed by atoms with E-state index >= 15 is 0 Å². The maximum absolute atomic E-state index is 11.5. The molecule has 0 unspecified atom stereocenters. The summed E-state index contributed by atoms with van der Waals surface area (Å²) in [4.78, 5) is 11.5. The molecule has 16 heavy (non-hydrogen) atoms. The Hall–Kier alpha value is -1.51. The average Bonchev–Trinajstić information content (AvgIpc) is 2.30. The lowest BCUT2D eigenvalue weighted by Crippen LogP contribution is -2.37. The van der Waals surface area contributed by atoms with Crippen LogP contribution in [0.5, 0.6) is 5.75 Å². The van der Waals surface area contributed by atoms with Gasteiger partial charge in [0, 0.05) is 5.56 Å². The van der Waals surface area contributed by atoms with Crippen LogP contribution in [0.4, 0.5) is 0 Å². The molecule has 0 aromatic heterocycles. The standard InChI is InChI=1S/C13H16O3/c14-11-7-3-2-6-10(11)13(12(15)16)8-4-1-5-9-13/h2-3,6-7,14H,1,4-5,8-9H2,(H,15,16). The summed E-state index contributed by atoms with van der Waals surface area (Å²) < 4.78 is 0. The minimum Gasteiger partial charge on any atom is -0.508 e. The van der Waals surface area contributed by atoms with E-state index in [4.69, 9.17) is 0 Å². The van der Waals surface area contributed by atoms with Crippen LogP contribution in [-0.2, 0) is 10.2 Å². The molecule has 2 N–H and O–H groups in total. The number of aliphatic carboxylic acids is 1. The smallest absolute Gasteiger partial charge is 0.314 e. The number of benzene rings is 1. The van der Waals surface area contributed by atoms with Crippen LogP contribution >= 0.6 is 0 Å². The van der Waals surface area contributed by atoms with E-state index in [1.54, 1.807) is 24.3 Å². The Kier molecular flexibility index (Phi) is 2.86. The SMILES string of the molecule is O=C(O)C1(c2ccccc2O)CCCCC1. The zero-order valence-electron chi connectivity index (χ0n) is 9.15. The summed E-state index contributed by atoms with van der Waals surface area (Å²) in [5.74, 6) is -0.708. The van der Waals surface area contributed by atoms with E-state index in [2.05, 4.69) is 0 Å². The van der Waals surface area contributed by atoms with Gasteiger partial charge in [0.25, 0.3) is 0 Å². The van der Waals surface area contributed by atoms with Gasteiger partial charge in [0.2, 0.25) is 0 Å². The summed E-state index contributed by atoms with van der Waals surface area (Å²) in [7, 11) is 0. The Balaban J connectivity index is 2.47. The number of para-hydroxylation sites is 1. The van der Waals surface area contributed by atoms with Crippen molar-refractivity contribution in [1.82, 2.24) is 0 Å². The van der Waals surface area contributed by atoms with Crippen LogP contribution in [0.15, 0.2) is 24.3 Å². The van der Waals surface area contributed by atoms with Crippen molar-refractivity contribution in [1.29, 1.82) is 0 Å². The lowest BCUT2D eigenvalue weighted by atomic mass is 9.69. The van der Waals surface area contributed by atoms with Crippen molar-refractivity contribution >= 4 is 5.97 Å². The second kappa shape index (κ2) is 4.16. The lowest BCUT2D eigenvalue weighted by Gasteiger charge is -2.33. The number of phenolic OH excluding ortho intramolecular Hbond substituents is 1. The second-order valence-corrected chi connectivity index (χ2v) is 4.47. The molecule has 86 valence electrons. The first-order chi connectivity index (χ1) is 7.67. The van der Waals surface area contributed by atoms with Gasteiger partial charge in [0.15, 0.2) is 0 Å². The van der Waals surface area contributed by atoms with Crippen LogP contribution in [0, 0.1) is 0 Å². The Morgan fingerprint density at radius 1 is 1.12 bits per heavy atom. The third-order valence-electron chi connectivity index (χ3n) is 3.54. The molecule has 0 bridgehead atoms. The third-order valence-corrected chi connectivity index (χ3v) is 3.54. The van der Waals surface area contributed by atoms with Gasteiger partial charge in [-0.05, 0) is 18.9 Å². The highest BCUT2D eigenvalue weighted by molar-refractivity contribution is 5.82. The molecule has 0 heterocycles. The molecule has 0 spiro atoms. The molecule has 1 fully saturated rings. The van der Waals surface area contributed by atoms with Gasteiger partial charge >= 0.3 is 5.97 Å². The van der Waals surface area contributed by atoms with Crippen molar-refractivity contribution < 1.29 is 15.0 Å². The van der Waals surface area contributed by atoms with Crippen molar-refractivity contribution in [2.75, 3.05) is 0 Å². The molecule has 1 aromatic rings. The van der Waals surface area contributed by atoms with Crippen LogP contribution in [-0.4, -0.2) is 16.2 Å². The fourth-order valence-corrected chi connectivity index (χ4v) is 2.63. The molecular weight excluding hydrogens is 204 g/mol. The number of hydrogen-bond donors (Lipinski definition) is 2. The van der Waals surface area contributed by atoms with Gasteiger partial charge in [-0.1, -0.05) is 37.5 Å². The fraction of sp³-hybridized carbons (Fsp3) is 0.462. The largest absolute Gasteiger partial charge is 0.508 e. The highest BCUT2D eigenvalue weighted by atomic mass is 16.4. The van der Waals surface area contributed by atoms with Crippen molar-refractivity contribution in [2.45, 2.75) is 37.5 Å². The van der Waals surface area contributed by atoms with Crippen LogP contribution < -0.4 is 0 Å². The molecule has 3 nitrogen and oxygen atoms in total. The summed E-state index contributed by atoms with van der Waals surface area (Å²) in [6, 6.07) is 6.80. The fourth-order valence-electron chi connectivity index (χ4n) is 2.63. The molecule has 0 atom stereocenters. The number of phenols is 1. The number of hydrogen-bond acceptors (Lipinski definition) is 2. The predicted molar refractivity (Wildman–Crippen MR) is 60.5 cm³/mol.